The average Bonchev–Trinajstić information content (AvgIpc) is 2.76. The summed E-state index contributed by atoms with van der Waals surface area (Å²) in [6, 6.07) is 6.99. The molecule has 0 aliphatic rings. The molecule has 0 spiro atoms. The van der Waals surface area contributed by atoms with Crippen LogP contribution in [0.3, 0.4) is 0 Å². The molecule has 0 radical (unpaired) electrons. The number of hydrogen-bond donors (Lipinski definition) is 2. The Morgan fingerprint density at radius 1 is 1.44 bits per heavy atom. The fourth-order valence-electron chi connectivity index (χ4n) is 1.69. The van der Waals surface area contributed by atoms with Gasteiger partial charge in [0.25, 0.3) is 0 Å². The monoisotopic (exact) mass is 265 g/mol. The Morgan fingerprint density at radius 2 is 2.22 bits per heavy atom. The van der Waals surface area contributed by atoms with Gasteiger partial charge in [0.1, 0.15) is 11.3 Å². The van der Waals surface area contributed by atoms with Gasteiger partial charge in [-0.3, -0.25) is 0 Å². The molecule has 0 atom stereocenters. The molecule has 2 N–H and O–H groups in total. The molecule has 0 bridgehead atoms. The summed E-state index contributed by atoms with van der Waals surface area (Å²) in [4.78, 5) is 10.9. The van der Waals surface area contributed by atoms with E-state index in [1.807, 2.05) is 19.1 Å². The third-order valence-electron chi connectivity index (χ3n) is 2.62. The highest BCUT2D eigenvalue weighted by molar-refractivity contribution is 6.33. The van der Waals surface area contributed by atoms with Crippen LogP contribution in [0.4, 0.5) is 5.69 Å². The Labute approximate surface area is 109 Å². The van der Waals surface area contributed by atoms with Crippen molar-refractivity contribution in [3.63, 3.8) is 0 Å². The molecule has 1 aromatic heterocycles. The molecular formula is C13H12ClNO3. The summed E-state index contributed by atoms with van der Waals surface area (Å²) >= 11 is 6.06. The number of aromatic carboxylic acids is 1. The average molecular weight is 266 g/mol. The molecule has 94 valence electrons. The quantitative estimate of drug-likeness (QED) is 0.887. The smallest absolute Gasteiger partial charge is 0.339 e. The first-order chi connectivity index (χ1) is 8.59. The lowest BCUT2D eigenvalue weighted by atomic mass is 10.2. The van der Waals surface area contributed by atoms with E-state index in [2.05, 4.69) is 5.32 Å². The van der Waals surface area contributed by atoms with Crippen molar-refractivity contribution in [1.82, 2.24) is 0 Å². The normalized spacial score (nSPS) is 10.3. The van der Waals surface area contributed by atoms with Crippen molar-refractivity contribution in [1.29, 1.82) is 0 Å². The van der Waals surface area contributed by atoms with Gasteiger partial charge in [0.05, 0.1) is 23.5 Å². The van der Waals surface area contributed by atoms with Gasteiger partial charge in [-0.05, 0) is 24.6 Å². The van der Waals surface area contributed by atoms with Gasteiger partial charge in [-0.1, -0.05) is 23.7 Å². The van der Waals surface area contributed by atoms with Gasteiger partial charge in [0, 0.05) is 0 Å². The summed E-state index contributed by atoms with van der Waals surface area (Å²) in [6.07, 6.45) is 1.36. The van der Waals surface area contributed by atoms with Crippen molar-refractivity contribution in [3.05, 3.63) is 52.4 Å². The number of benzene rings is 1. The van der Waals surface area contributed by atoms with Crippen LogP contribution >= 0.6 is 11.6 Å². The zero-order valence-corrected chi connectivity index (χ0v) is 10.5. The number of para-hydroxylation sites is 1. The Balaban J connectivity index is 2.17. The highest BCUT2D eigenvalue weighted by atomic mass is 35.5. The van der Waals surface area contributed by atoms with Crippen molar-refractivity contribution in [2.75, 3.05) is 5.32 Å². The van der Waals surface area contributed by atoms with Crippen LogP contribution in [-0.4, -0.2) is 11.1 Å². The number of nitrogens with one attached hydrogen (secondary N) is 1. The number of carboxylic acids is 1. The highest BCUT2D eigenvalue weighted by Crippen LogP contribution is 2.26. The van der Waals surface area contributed by atoms with E-state index >= 15 is 0 Å². The van der Waals surface area contributed by atoms with Gasteiger partial charge >= 0.3 is 5.97 Å². The van der Waals surface area contributed by atoms with Crippen LogP contribution in [0.15, 0.2) is 34.9 Å². The molecule has 5 heteroatoms. The molecule has 1 heterocycles. The predicted octanol–water partition coefficient (Wildman–Crippen LogP) is 3.55. The Kier molecular flexibility index (Phi) is 3.58. The molecule has 0 amide bonds. The molecular weight excluding hydrogens is 254 g/mol. The summed E-state index contributed by atoms with van der Waals surface area (Å²) in [5.74, 6) is -0.627. The number of furan rings is 1. The summed E-state index contributed by atoms with van der Waals surface area (Å²) in [5.41, 5.74) is 1.94. The highest BCUT2D eigenvalue weighted by Gasteiger charge is 2.13. The van der Waals surface area contributed by atoms with E-state index in [4.69, 9.17) is 21.1 Å². The largest absolute Gasteiger partial charge is 0.478 e. The number of aryl methyl sites for hydroxylation is 1. The van der Waals surface area contributed by atoms with Crippen molar-refractivity contribution in [3.8, 4) is 0 Å². The summed E-state index contributed by atoms with van der Waals surface area (Å²) in [7, 11) is 0. The van der Waals surface area contributed by atoms with E-state index in [9.17, 15) is 4.79 Å². The zero-order chi connectivity index (χ0) is 13.1. The van der Waals surface area contributed by atoms with Crippen molar-refractivity contribution in [2.45, 2.75) is 13.5 Å². The van der Waals surface area contributed by atoms with E-state index in [1.54, 1.807) is 6.07 Å². The summed E-state index contributed by atoms with van der Waals surface area (Å²) < 4.78 is 5.14. The minimum atomic E-state index is -1.00. The van der Waals surface area contributed by atoms with E-state index in [-0.39, 0.29) is 12.1 Å². The van der Waals surface area contributed by atoms with E-state index in [0.717, 1.165) is 11.3 Å². The number of halogens is 1. The van der Waals surface area contributed by atoms with Crippen molar-refractivity contribution < 1.29 is 14.3 Å². The van der Waals surface area contributed by atoms with Crippen LogP contribution in [0.25, 0.3) is 0 Å². The summed E-state index contributed by atoms with van der Waals surface area (Å²) in [5, 5.41) is 12.6. The molecule has 4 nitrogen and oxygen atoms in total. The first kappa shape index (κ1) is 12.5. The number of carbonyl (C=O) groups is 1. The van der Waals surface area contributed by atoms with Crippen molar-refractivity contribution >= 4 is 23.3 Å². The van der Waals surface area contributed by atoms with Crippen LogP contribution in [0, 0.1) is 6.92 Å². The Hall–Kier alpha value is -1.94. The summed E-state index contributed by atoms with van der Waals surface area (Å²) in [6.45, 7) is 2.20. The minimum Gasteiger partial charge on any atom is -0.478 e. The molecule has 0 fully saturated rings. The second kappa shape index (κ2) is 5.14. The Morgan fingerprint density at radius 3 is 2.89 bits per heavy atom. The lowest BCUT2D eigenvalue weighted by molar-refractivity contribution is 0.0694. The van der Waals surface area contributed by atoms with E-state index in [1.165, 1.54) is 12.3 Å². The fourth-order valence-corrected chi connectivity index (χ4v) is 1.98. The first-order valence-corrected chi connectivity index (χ1v) is 5.76. The first-order valence-electron chi connectivity index (χ1n) is 5.38. The third kappa shape index (κ3) is 2.49. The third-order valence-corrected chi connectivity index (χ3v) is 2.94. The predicted molar refractivity (Wildman–Crippen MR) is 69.2 cm³/mol. The number of carboxylic acid groups (broad SMARTS) is 1. The van der Waals surface area contributed by atoms with Crippen LogP contribution in [-0.2, 0) is 6.54 Å². The lowest BCUT2D eigenvalue weighted by Gasteiger charge is -2.10. The van der Waals surface area contributed by atoms with Gasteiger partial charge in [-0.25, -0.2) is 4.79 Å². The number of hydrogen-bond acceptors (Lipinski definition) is 3. The maximum absolute atomic E-state index is 10.9. The van der Waals surface area contributed by atoms with Gasteiger partial charge < -0.3 is 14.8 Å². The van der Waals surface area contributed by atoms with E-state index in [0.29, 0.717) is 10.8 Å². The van der Waals surface area contributed by atoms with Gasteiger partial charge in [-0.2, -0.15) is 0 Å². The molecule has 2 aromatic rings. The van der Waals surface area contributed by atoms with E-state index < -0.39 is 5.97 Å². The van der Waals surface area contributed by atoms with Gasteiger partial charge in [-0.15, -0.1) is 0 Å². The standard InChI is InChI=1S/C13H12ClNO3/c1-8-3-2-4-10(14)12(8)15-7-11-9(13(16)17)5-6-18-11/h2-6,15H,7H2,1H3,(H,16,17). The molecule has 18 heavy (non-hydrogen) atoms. The SMILES string of the molecule is Cc1cccc(Cl)c1NCc1occc1C(=O)O. The molecule has 2 rings (SSSR count). The van der Waals surface area contributed by atoms with Crippen molar-refractivity contribution in [2.24, 2.45) is 0 Å². The van der Waals surface area contributed by atoms with Crippen LogP contribution in [0.1, 0.15) is 21.7 Å². The fraction of sp³-hybridized carbons (Fsp3) is 0.154. The zero-order valence-electron chi connectivity index (χ0n) is 9.74. The molecule has 1 aromatic carbocycles. The topological polar surface area (TPSA) is 62.5 Å². The second-order valence-electron chi connectivity index (χ2n) is 3.85. The minimum absolute atomic E-state index is 0.159. The van der Waals surface area contributed by atoms with Crippen LogP contribution < -0.4 is 5.32 Å². The number of anilines is 1. The van der Waals surface area contributed by atoms with Gasteiger partial charge in [0.2, 0.25) is 0 Å². The van der Waals surface area contributed by atoms with Crippen LogP contribution in [0.2, 0.25) is 5.02 Å². The number of rotatable bonds is 4. The molecule has 0 aliphatic heterocycles. The molecule has 0 saturated carbocycles. The van der Waals surface area contributed by atoms with Crippen LogP contribution in [0.5, 0.6) is 0 Å². The maximum atomic E-state index is 10.9. The maximum Gasteiger partial charge on any atom is 0.339 e. The molecule has 0 unspecified atom stereocenters. The molecule has 0 aliphatic carbocycles. The van der Waals surface area contributed by atoms with Gasteiger partial charge in [0.15, 0.2) is 0 Å². The lowest BCUT2D eigenvalue weighted by Crippen LogP contribution is -2.05. The Bertz CT molecular complexity index is 557. The molecule has 0 saturated heterocycles. The second-order valence-corrected chi connectivity index (χ2v) is 4.26.